The molecule has 0 spiro atoms. The molecular formula is C13H8F4O3S. The summed E-state index contributed by atoms with van der Waals surface area (Å²) in [6.07, 6.45) is -4.57. The van der Waals surface area contributed by atoms with E-state index in [9.17, 15) is 26.0 Å². The van der Waals surface area contributed by atoms with Crippen LogP contribution >= 0.6 is 0 Å². The van der Waals surface area contributed by atoms with Crippen molar-refractivity contribution in [2.45, 2.75) is 11.1 Å². The van der Waals surface area contributed by atoms with Crippen molar-refractivity contribution in [2.75, 3.05) is 0 Å². The van der Waals surface area contributed by atoms with Crippen molar-refractivity contribution in [1.29, 1.82) is 0 Å². The predicted molar refractivity (Wildman–Crippen MR) is 65.7 cm³/mol. The number of benzene rings is 2. The van der Waals surface area contributed by atoms with Crippen LogP contribution in [0.4, 0.5) is 17.6 Å². The van der Waals surface area contributed by atoms with Crippen molar-refractivity contribution in [1.82, 2.24) is 0 Å². The molecule has 0 aliphatic carbocycles. The Balaban J connectivity index is 2.30. The maximum Gasteiger partial charge on any atom is 0.416 e. The molecule has 0 aliphatic heterocycles. The minimum absolute atomic E-state index is 0.501. The van der Waals surface area contributed by atoms with Crippen LogP contribution in [-0.2, 0) is 16.3 Å². The summed E-state index contributed by atoms with van der Waals surface area (Å²) in [5, 5.41) is 0. The van der Waals surface area contributed by atoms with Crippen LogP contribution in [0.2, 0.25) is 0 Å². The first kappa shape index (κ1) is 15.3. The molecule has 112 valence electrons. The van der Waals surface area contributed by atoms with Gasteiger partial charge >= 0.3 is 16.3 Å². The van der Waals surface area contributed by atoms with E-state index in [1.165, 1.54) is 12.1 Å². The fraction of sp³-hybridized carbons (Fsp3) is 0.0769. The third kappa shape index (κ3) is 3.52. The van der Waals surface area contributed by atoms with Gasteiger partial charge in [-0.15, -0.1) is 0 Å². The van der Waals surface area contributed by atoms with Crippen LogP contribution in [0.25, 0.3) is 0 Å². The van der Waals surface area contributed by atoms with Gasteiger partial charge in [0.05, 0.1) is 5.56 Å². The van der Waals surface area contributed by atoms with E-state index in [0.29, 0.717) is 12.1 Å². The predicted octanol–water partition coefficient (Wildman–Crippen LogP) is 3.61. The van der Waals surface area contributed by atoms with Gasteiger partial charge in [0.15, 0.2) is 11.6 Å². The molecule has 0 fully saturated rings. The summed E-state index contributed by atoms with van der Waals surface area (Å²) >= 11 is 0. The van der Waals surface area contributed by atoms with Crippen molar-refractivity contribution in [3.63, 3.8) is 0 Å². The average molecular weight is 320 g/mol. The molecule has 0 heterocycles. The summed E-state index contributed by atoms with van der Waals surface area (Å²) in [7, 11) is -4.41. The van der Waals surface area contributed by atoms with Gasteiger partial charge in [0.1, 0.15) is 4.90 Å². The Kier molecular flexibility index (Phi) is 3.91. The van der Waals surface area contributed by atoms with Gasteiger partial charge < -0.3 is 4.18 Å². The van der Waals surface area contributed by atoms with Crippen molar-refractivity contribution >= 4 is 10.1 Å². The maximum absolute atomic E-state index is 13.3. The first-order chi connectivity index (χ1) is 9.70. The lowest BCUT2D eigenvalue weighted by atomic mass is 10.2. The van der Waals surface area contributed by atoms with Crippen LogP contribution in [0.1, 0.15) is 5.56 Å². The van der Waals surface area contributed by atoms with Crippen molar-refractivity contribution < 1.29 is 30.2 Å². The number of alkyl halides is 3. The van der Waals surface area contributed by atoms with Gasteiger partial charge in [-0.3, -0.25) is 0 Å². The van der Waals surface area contributed by atoms with E-state index >= 15 is 0 Å². The number of rotatable bonds is 3. The Morgan fingerprint density at radius 2 is 1.48 bits per heavy atom. The number of hydrogen-bond donors (Lipinski definition) is 0. The highest BCUT2D eigenvalue weighted by molar-refractivity contribution is 7.87. The average Bonchev–Trinajstić information content (AvgIpc) is 2.40. The molecule has 0 radical (unpaired) electrons. The van der Waals surface area contributed by atoms with Gasteiger partial charge in [-0.2, -0.15) is 21.6 Å². The Bertz CT molecular complexity index is 737. The molecule has 0 saturated heterocycles. The summed E-state index contributed by atoms with van der Waals surface area (Å²) in [6, 6.07) is 7.51. The Morgan fingerprint density at radius 1 is 0.905 bits per heavy atom. The van der Waals surface area contributed by atoms with Gasteiger partial charge in [0.25, 0.3) is 0 Å². The zero-order valence-electron chi connectivity index (χ0n) is 10.3. The SMILES string of the molecule is O=S(=O)(Oc1ccccc1F)c1ccc(C(F)(F)F)cc1. The van der Waals surface area contributed by atoms with Crippen LogP contribution < -0.4 is 4.18 Å². The largest absolute Gasteiger partial charge is 0.416 e. The molecule has 2 rings (SSSR count). The monoisotopic (exact) mass is 320 g/mol. The highest BCUT2D eigenvalue weighted by Crippen LogP contribution is 2.30. The molecule has 0 aromatic heterocycles. The number of para-hydroxylation sites is 1. The van der Waals surface area contributed by atoms with E-state index in [-0.39, 0.29) is 0 Å². The van der Waals surface area contributed by atoms with Crippen LogP contribution in [0.5, 0.6) is 5.75 Å². The highest BCUT2D eigenvalue weighted by atomic mass is 32.2. The van der Waals surface area contributed by atoms with Crippen molar-refractivity contribution in [3.05, 3.63) is 59.9 Å². The quantitative estimate of drug-likeness (QED) is 0.641. The van der Waals surface area contributed by atoms with Gasteiger partial charge in [-0.05, 0) is 36.4 Å². The number of halogens is 4. The summed E-state index contributed by atoms with van der Waals surface area (Å²) in [5.74, 6) is -1.43. The van der Waals surface area contributed by atoms with E-state index in [2.05, 4.69) is 4.18 Å². The molecule has 8 heteroatoms. The van der Waals surface area contributed by atoms with Gasteiger partial charge in [0, 0.05) is 0 Å². The molecule has 0 unspecified atom stereocenters. The van der Waals surface area contributed by atoms with E-state index in [0.717, 1.165) is 24.3 Å². The molecular weight excluding hydrogens is 312 g/mol. The molecule has 0 bridgehead atoms. The fourth-order valence-electron chi connectivity index (χ4n) is 1.49. The van der Waals surface area contributed by atoms with Crippen molar-refractivity contribution in [2.24, 2.45) is 0 Å². The normalized spacial score (nSPS) is 12.2. The third-order valence-corrected chi connectivity index (χ3v) is 3.75. The minimum Gasteiger partial charge on any atom is -0.376 e. The second-order valence-electron chi connectivity index (χ2n) is 3.99. The van der Waals surface area contributed by atoms with Crippen molar-refractivity contribution in [3.8, 4) is 5.75 Å². The number of hydrogen-bond acceptors (Lipinski definition) is 3. The van der Waals surface area contributed by atoms with Gasteiger partial charge in [-0.1, -0.05) is 12.1 Å². The van der Waals surface area contributed by atoms with Gasteiger partial charge in [0.2, 0.25) is 0 Å². The Hall–Kier alpha value is -2.09. The van der Waals surface area contributed by atoms with E-state index in [1.807, 2.05) is 0 Å². The summed E-state index contributed by atoms with van der Waals surface area (Å²) < 4.78 is 78.7. The summed E-state index contributed by atoms with van der Waals surface area (Å²) in [5.41, 5.74) is -0.993. The summed E-state index contributed by atoms with van der Waals surface area (Å²) in [6.45, 7) is 0. The molecule has 0 saturated carbocycles. The molecule has 21 heavy (non-hydrogen) atoms. The second-order valence-corrected chi connectivity index (χ2v) is 5.54. The van der Waals surface area contributed by atoms with Crippen LogP contribution in [-0.4, -0.2) is 8.42 Å². The van der Waals surface area contributed by atoms with Crippen LogP contribution in [0.3, 0.4) is 0 Å². The zero-order valence-corrected chi connectivity index (χ0v) is 11.1. The van der Waals surface area contributed by atoms with E-state index < -0.39 is 38.3 Å². The van der Waals surface area contributed by atoms with E-state index in [4.69, 9.17) is 0 Å². The topological polar surface area (TPSA) is 43.4 Å². The zero-order chi connectivity index (χ0) is 15.7. The Morgan fingerprint density at radius 3 is 2.00 bits per heavy atom. The molecule has 0 N–H and O–H groups in total. The van der Waals surface area contributed by atoms with E-state index in [1.54, 1.807) is 0 Å². The molecule has 2 aromatic rings. The fourth-order valence-corrected chi connectivity index (χ4v) is 2.43. The highest BCUT2D eigenvalue weighted by Gasteiger charge is 2.31. The molecule has 0 aliphatic rings. The minimum atomic E-state index is -4.57. The first-order valence-electron chi connectivity index (χ1n) is 5.56. The standard InChI is InChI=1S/C13H8F4O3S/c14-11-3-1-2-4-12(11)20-21(18,19)10-7-5-9(6-8-10)13(15,16)17/h1-8H. The molecule has 2 aromatic carbocycles. The molecule has 0 atom stereocenters. The third-order valence-electron chi connectivity index (χ3n) is 2.51. The van der Waals surface area contributed by atoms with Crippen LogP contribution in [0.15, 0.2) is 53.4 Å². The molecule has 0 amide bonds. The Labute approximate surface area is 117 Å². The summed E-state index contributed by atoms with van der Waals surface area (Å²) in [4.78, 5) is -0.501. The van der Waals surface area contributed by atoms with Gasteiger partial charge in [-0.25, -0.2) is 4.39 Å². The molecule has 3 nitrogen and oxygen atoms in total. The second kappa shape index (κ2) is 5.36. The lowest BCUT2D eigenvalue weighted by Crippen LogP contribution is -2.11. The smallest absolute Gasteiger partial charge is 0.376 e. The van der Waals surface area contributed by atoms with Crippen LogP contribution in [0, 0.1) is 5.82 Å². The maximum atomic E-state index is 13.3. The lowest BCUT2D eigenvalue weighted by molar-refractivity contribution is -0.137. The lowest BCUT2D eigenvalue weighted by Gasteiger charge is -2.09. The first-order valence-corrected chi connectivity index (χ1v) is 6.97.